The highest BCUT2D eigenvalue weighted by atomic mass is 19.1. The minimum absolute atomic E-state index is 0.258. The second-order valence-corrected chi connectivity index (χ2v) is 2.90. The maximum atomic E-state index is 11.8. The zero-order valence-corrected chi connectivity index (χ0v) is 7.60. The molecule has 0 aliphatic rings. The van der Waals surface area contributed by atoms with E-state index in [1.54, 1.807) is 0 Å². The smallest absolute Gasteiger partial charge is 0.0911 e. The van der Waals surface area contributed by atoms with Gasteiger partial charge in [0.1, 0.15) is 0 Å². The van der Waals surface area contributed by atoms with Crippen molar-refractivity contribution in [1.82, 2.24) is 4.68 Å². The van der Waals surface area contributed by atoms with Gasteiger partial charge in [-0.2, -0.15) is 0 Å². The van der Waals surface area contributed by atoms with Crippen molar-refractivity contribution < 1.29 is 4.39 Å². The number of aryl methyl sites for hydroxylation is 2. The molecule has 0 aliphatic carbocycles. The molecule has 3 heteroatoms. The first kappa shape index (κ1) is 9.10. The highest BCUT2D eigenvalue weighted by molar-refractivity contribution is 5.15. The predicted molar refractivity (Wildman–Crippen MR) is 48.7 cm³/mol. The van der Waals surface area contributed by atoms with Crippen LogP contribution in [0.3, 0.4) is 0 Å². The number of nitrogens with zero attached hydrogens (tertiary/aromatic N) is 1. The summed E-state index contributed by atoms with van der Waals surface area (Å²) in [5.41, 5.74) is 5.46. The van der Waals surface area contributed by atoms with Gasteiger partial charge in [-0.15, -0.1) is 0 Å². The van der Waals surface area contributed by atoms with Crippen molar-refractivity contribution in [2.75, 3.05) is 18.6 Å². The van der Waals surface area contributed by atoms with Crippen LogP contribution in [0.25, 0.3) is 0 Å². The summed E-state index contributed by atoms with van der Waals surface area (Å²) in [6.45, 7) is 4.48. The summed E-state index contributed by atoms with van der Waals surface area (Å²) in [7, 11) is 0. The van der Waals surface area contributed by atoms with E-state index in [2.05, 4.69) is 5.43 Å². The molecule has 0 aromatic carbocycles. The predicted octanol–water partition coefficient (Wildman–Crippen LogP) is 2.01. The Morgan fingerprint density at radius 1 is 1.33 bits per heavy atom. The molecule has 0 aliphatic heterocycles. The summed E-state index contributed by atoms with van der Waals surface area (Å²) in [5.74, 6) is 0. The van der Waals surface area contributed by atoms with Crippen molar-refractivity contribution in [1.29, 1.82) is 0 Å². The van der Waals surface area contributed by atoms with Crippen LogP contribution in [0.15, 0.2) is 12.1 Å². The molecule has 0 saturated carbocycles. The number of rotatable bonds is 4. The summed E-state index contributed by atoms with van der Waals surface area (Å²) in [6, 6.07) is 4.08. The second kappa shape index (κ2) is 4.14. The number of hydrogen-bond donors (Lipinski definition) is 1. The molecule has 1 aromatic heterocycles. The highest BCUT2D eigenvalue weighted by Gasteiger charge is 1.98. The molecule has 2 nitrogen and oxygen atoms in total. The molecular weight excluding hydrogens is 155 g/mol. The van der Waals surface area contributed by atoms with Crippen molar-refractivity contribution in [3.8, 4) is 0 Å². The van der Waals surface area contributed by atoms with E-state index in [-0.39, 0.29) is 6.67 Å². The fraction of sp³-hybridized carbons (Fsp3) is 0.556. The Balaban J connectivity index is 2.50. The van der Waals surface area contributed by atoms with Gasteiger partial charge in [-0.3, -0.25) is 9.07 Å². The molecule has 1 N–H and O–H groups in total. The van der Waals surface area contributed by atoms with Crippen LogP contribution in [-0.4, -0.2) is 17.9 Å². The molecule has 0 saturated heterocycles. The lowest BCUT2D eigenvalue weighted by molar-refractivity contribution is 0.475. The third kappa shape index (κ3) is 2.00. The van der Waals surface area contributed by atoms with Gasteiger partial charge < -0.3 is 5.43 Å². The molecule has 0 fully saturated rings. The van der Waals surface area contributed by atoms with Crippen LogP contribution >= 0.6 is 0 Å². The quantitative estimate of drug-likeness (QED) is 0.684. The van der Waals surface area contributed by atoms with Gasteiger partial charge in [0.05, 0.1) is 6.67 Å². The number of halogens is 1. The van der Waals surface area contributed by atoms with Gasteiger partial charge in [0.15, 0.2) is 0 Å². The zero-order valence-electron chi connectivity index (χ0n) is 7.60. The summed E-state index contributed by atoms with van der Waals surface area (Å²) in [4.78, 5) is 0. The van der Waals surface area contributed by atoms with E-state index < -0.39 is 0 Å². The third-order valence-electron chi connectivity index (χ3n) is 1.85. The van der Waals surface area contributed by atoms with Crippen molar-refractivity contribution in [2.24, 2.45) is 0 Å². The molecule has 1 aromatic rings. The van der Waals surface area contributed by atoms with Gasteiger partial charge in [-0.05, 0) is 32.4 Å². The van der Waals surface area contributed by atoms with Crippen LogP contribution in [0.5, 0.6) is 0 Å². The Labute approximate surface area is 72.4 Å². The van der Waals surface area contributed by atoms with E-state index in [0.29, 0.717) is 13.0 Å². The van der Waals surface area contributed by atoms with E-state index in [4.69, 9.17) is 0 Å². The molecule has 0 amide bonds. The number of hydrogen-bond acceptors (Lipinski definition) is 1. The Bertz CT molecular complexity index is 223. The molecule has 0 atom stereocenters. The molecule has 0 radical (unpaired) electrons. The van der Waals surface area contributed by atoms with Crippen LogP contribution in [0, 0.1) is 13.8 Å². The number of aromatic nitrogens is 1. The lowest BCUT2D eigenvalue weighted by Crippen LogP contribution is -2.18. The van der Waals surface area contributed by atoms with Gasteiger partial charge in [0, 0.05) is 17.9 Å². The van der Waals surface area contributed by atoms with Gasteiger partial charge in [0.2, 0.25) is 0 Å². The van der Waals surface area contributed by atoms with Gasteiger partial charge in [-0.1, -0.05) is 0 Å². The average molecular weight is 170 g/mol. The first-order valence-corrected chi connectivity index (χ1v) is 4.20. The van der Waals surface area contributed by atoms with Gasteiger partial charge >= 0.3 is 0 Å². The Morgan fingerprint density at radius 3 is 2.42 bits per heavy atom. The van der Waals surface area contributed by atoms with E-state index in [1.165, 1.54) is 0 Å². The average Bonchev–Trinajstić information content (AvgIpc) is 2.35. The zero-order chi connectivity index (χ0) is 8.97. The molecule has 0 unspecified atom stereocenters. The van der Waals surface area contributed by atoms with Gasteiger partial charge in [-0.25, -0.2) is 0 Å². The van der Waals surface area contributed by atoms with E-state index >= 15 is 0 Å². The first-order chi connectivity index (χ1) is 5.75. The summed E-state index contributed by atoms with van der Waals surface area (Å²) < 4.78 is 13.8. The van der Waals surface area contributed by atoms with Crippen LogP contribution in [-0.2, 0) is 0 Å². The number of nitrogens with one attached hydrogen (secondary N) is 1. The summed E-state index contributed by atoms with van der Waals surface area (Å²) in [6.07, 6.45) is 0.567. The van der Waals surface area contributed by atoms with Crippen LogP contribution in [0.4, 0.5) is 4.39 Å². The highest BCUT2D eigenvalue weighted by Crippen LogP contribution is 2.03. The largest absolute Gasteiger partial charge is 0.326 e. The van der Waals surface area contributed by atoms with Crippen LogP contribution in [0.1, 0.15) is 17.8 Å². The Kier molecular flexibility index (Phi) is 3.14. The van der Waals surface area contributed by atoms with Crippen LogP contribution < -0.4 is 5.43 Å². The lowest BCUT2D eigenvalue weighted by atomic mass is 10.5. The topological polar surface area (TPSA) is 17.0 Å². The van der Waals surface area contributed by atoms with E-state index in [1.807, 2.05) is 30.7 Å². The maximum Gasteiger partial charge on any atom is 0.0911 e. The third-order valence-corrected chi connectivity index (χ3v) is 1.85. The Hall–Kier alpha value is -0.990. The van der Waals surface area contributed by atoms with E-state index in [0.717, 1.165) is 11.4 Å². The first-order valence-electron chi connectivity index (χ1n) is 4.20. The minimum atomic E-state index is -0.258. The SMILES string of the molecule is Cc1ccc(C)n1NCCCF. The number of alkyl halides is 1. The molecule has 0 bridgehead atoms. The van der Waals surface area contributed by atoms with Crippen molar-refractivity contribution in [3.05, 3.63) is 23.5 Å². The molecule has 0 spiro atoms. The minimum Gasteiger partial charge on any atom is -0.326 e. The lowest BCUT2D eigenvalue weighted by Gasteiger charge is -2.11. The summed E-state index contributed by atoms with van der Waals surface area (Å²) in [5, 5.41) is 0. The van der Waals surface area contributed by atoms with Crippen molar-refractivity contribution in [3.63, 3.8) is 0 Å². The maximum absolute atomic E-state index is 11.8. The van der Waals surface area contributed by atoms with Crippen molar-refractivity contribution >= 4 is 0 Å². The van der Waals surface area contributed by atoms with Crippen LogP contribution in [0.2, 0.25) is 0 Å². The normalized spacial score (nSPS) is 10.2. The fourth-order valence-electron chi connectivity index (χ4n) is 1.18. The molecule has 68 valence electrons. The van der Waals surface area contributed by atoms with Crippen molar-refractivity contribution in [2.45, 2.75) is 20.3 Å². The fourth-order valence-corrected chi connectivity index (χ4v) is 1.18. The Morgan fingerprint density at radius 2 is 1.92 bits per heavy atom. The van der Waals surface area contributed by atoms with E-state index in [9.17, 15) is 4.39 Å². The summed E-state index contributed by atoms with van der Waals surface area (Å²) >= 11 is 0. The standard InChI is InChI=1S/C9H15FN2/c1-8-4-5-9(2)12(8)11-7-3-6-10/h4-5,11H,3,6-7H2,1-2H3. The molecule has 1 heterocycles. The van der Waals surface area contributed by atoms with Gasteiger partial charge in [0.25, 0.3) is 0 Å². The molecule has 1 rings (SSSR count). The second-order valence-electron chi connectivity index (χ2n) is 2.90. The monoisotopic (exact) mass is 170 g/mol. The molecule has 12 heavy (non-hydrogen) atoms. The molecular formula is C9H15FN2.